The average Bonchev–Trinajstić information content (AvgIpc) is 2.55. The molecular weight excluding hydrogens is 304 g/mol. The van der Waals surface area contributed by atoms with Crippen LogP contribution in [-0.2, 0) is 11.2 Å². The summed E-state index contributed by atoms with van der Waals surface area (Å²) in [6, 6.07) is 12.5. The fourth-order valence-electron chi connectivity index (χ4n) is 2.68. The maximum Gasteiger partial charge on any atom is 0.224 e. The van der Waals surface area contributed by atoms with E-state index in [2.05, 4.69) is 5.32 Å². The van der Waals surface area contributed by atoms with Crippen molar-refractivity contribution in [2.24, 2.45) is 0 Å². The second-order valence-electron chi connectivity index (χ2n) is 6.05. The monoisotopic (exact) mass is 324 g/mol. The summed E-state index contributed by atoms with van der Waals surface area (Å²) in [5.74, 6) is -0.0832. The standard InChI is InChI=1S/C19H20N2O3/c1-21(2)11-10-20-17(22)12-13-6-5-8-15-18(23)14-7-3-4-9-16(14)24-19(13)15/h3-9H,10-12H2,1-2H3,(H,20,22). The lowest BCUT2D eigenvalue weighted by atomic mass is 10.1. The predicted molar refractivity (Wildman–Crippen MR) is 95.3 cm³/mol. The van der Waals surface area contributed by atoms with Crippen molar-refractivity contribution in [1.29, 1.82) is 0 Å². The minimum Gasteiger partial charge on any atom is -0.456 e. The van der Waals surface area contributed by atoms with E-state index in [9.17, 15) is 9.59 Å². The van der Waals surface area contributed by atoms with Gasteiger partial charge >= 0.3 is 0 Å². The summed E-state index contributed by atoms with van der Waals surface area (Å²) in [6.07, 6.45) is 0.187. The number of para-hydroxylation sites is 2. The maximum absolute atomic E-state index is 12.6. The molecule has 0 atom stereocenters. The Morgan fingerprint density at radius 1 is 1.08 bits per heavy atom. The van der Waals surface area contributed by atoms with Crippen molar-refractivity contribution in [3.8, 4) is 0 Å². The number of likely N-dealkylation sites (N-methyl/N-ethyl adjacent to an activating group) is 1. The molecule has 0 saturated carbocycles. The number of nitrogens with zero attached hydrogens (tertiary/aromatic N) is 1. The average molecular weight is 324 g/mol. The van der Waals surface area contributed by atoms with E-state index in [1.54, 1.807) is 24.3 Å². The molecule has 3 rings (SSSR count). The number of amides is 1. The van der Waals surface area contributed by atoms with Gasteiger partial charge in [-0.1, -0.05) is 24.3 Å². The summed E-state index contributed by atoms with van der Waals surface area (Å²) >= 11 is 0. The van der Waals surface area contributed by atoms with Gasteiger partial charge in [-0.3, -0.25) is 9.59 Å². The molecule has 0 saturated heterocycles. The molecule has 0 aliphatic carbocycles. The minimum absolute atomic E-state index is 0.0679. The van der Waals surface area contributed by atoms with Gasteiger partial charge < -0.3 is 14.6 Å². The number of benzene rings is 2. The van der Waals surface area contributed by atoms with Crippen LogP contribution in [0.1, 0.15) is 5.56 Å². The lowest BCUT2D eigenvalue weighted by molar-refractivity contribution is -0.120. The van der Waals surface area contributed by atoms with Crippen LogP contribution in [0.15, 0.2) is 51.7 Å². The van der Waals surface area contributed by atoms with Crippen LogP contribution in [0, 0.1) is 0 Å². The third-order valence-corrected chi connectivity index (χ3v) is 3.92. The van der Waals surface area contributed by atoms with E-state index in [1.807, 2.05) is 37.2 Å². The summed E-state index contributed by atoms with van der Waals surface area (Å²) in [5.41, 5.74) is 1.68. The molecule has 1 heterocycles. The smallest absolute Gasteiger partial charge is 0.224 e. The molecule has 124 valence electrons. The van der Waals surface area contributed by atoms with Crippen LogP contribution in [0.3, 0.4) is 0 Å². The highest BCUT2D eigenvalue weighted by molar-refractivity contribution is 5.93. The zero-order chi connectivity index (χ0) is 17.1. The second-order valence-corrected chi connectivity index (χ2v) is 6.05. The first-order valence-corrected chi connectivity index (χ1v) is 7.91. The highest BCUT2D eigenvalue weighted by Crippen LogP contribution is 2.22. The van der Waals surface area contributed by atoms with Gasteiger partial charge in [0.2, 0.25) is 11.3 Å². The minimum atomic E-state index is -0.0832. The molecule has 0 fully saturated rings. The lowest BCUT2D eigenvalue weighted by Gasteiger charge is -2.11. The molecule has 5 nitrogen and oxygen atoms in total. The van der Waals surface area contributed by atoms with Crippen molar-refractivity contribution in [3.05, 3.63) is 58.3 Å². The van der Waals surface area contributed by atoms with E-state index in [0.29, 0.717) is 28.5 Å². The SMILES string of the molecule is CN(C)CCNC(=O)Cc1cccc2c(=O)c3ccccc3oc12. The number of hydrogen-bond donors (Lipinski definition) is 1. The van der Waals surface area contributed by atoms with Gasteiger partial charge in [0.1, 0.15) is 11.2 Å². The number of carbonyl (C=O) groups excluding carboxylic acids is 1. The summed E-state index contributed by atoms with van der Waals surface area (Å²) in [7, 11) is 3.91. The molecule has 0 spiro atoms. The number of fused-ring (bicyclic) bond motifs is 2. The van der Waals surface area contributed by atoms with Gasteiger partial charge in [-0.15, -0.1) is 0 Å². The van der Waals surface area contributed by atoms with Gasteiger partial charge in [0.25, 0.3) is 0 Å². The van der Waals surface area contributed by atoms with Gasteiger partial charge in [-0.2, -0.15) is 0 Å². The van der Waals surface area contributed by atoms with E-state index in [4.69, 9.17) is 4.42 Å². The van der Waals surface area contributed by atoms with Crippen LogP contribution in [-0.4, -0.2) is 38.0 Å². The molecule has 0 aliphatic heterocycles. The largest absolute Gasteiger partial charge is 0.456 e. The van der Waals surface area contributed by atoms with E-state index in [1.165, 1.54) is 0 Å². The zero-order valence-corrected chi connectivity index (χ0v) is 13.8. The van der Waals surface area contributed by atoms with Crippen molar-refractivity contribution < 1.29 is 9.21 Å². The number of rotatable bonds is 5. The van der Waals surface area contributed by atoms with E-state index in [0.717, 1.165) is 12.1 Å². The van der Waals surface area contributed by atoms with Crippen LogP contribution in [0.5, 0.6) is 0 Å². The first-order valence-electron chi connectivity index (χ1n) is 7.91. The number of carbonyl (C=O) groups is 1. The fraction of sp³-hybridized carbons (Fsp3) is 0.263. The Morgan fingerprint density at radius 2 is 1.83 bits per heavy atom. The zero-order valence-electron chi connectivity index (χ0n) is 13.8. The van der Waals surface area contributed by atoms with Crippen molar-refractivity contribution in [2.75, 3.05) is 27.2 Å². The first kappa shape index (κ1) is 16.2. The highest BCUT2D eigenvalue weighted by atomic mass is 16.3. The van der Waals surface area contributed by atoms with Crippen LogP contribution < -0.4 is 10.7 Å². The molecule has 1 aromatic heterocycles. The molecule has 3 aromatic rings. The Balaban J connectivity index is 1.94. The fourth-order valence-corrected chi connectivity index (χ4v) is 2.68. The molecule has 0 unspecified atom stereocenters. The molecule has 24 heavy (non-hydrogen) atoms. The normalized spacial score (nSPS) is 11.3. The number of hydrogen-bond acceptors (Lipinski definition) is 4. The maximum atomic E-state index is 12.6. The van der Waals surface area contributed by atoms with Crippen molar-refractivity contribution in [3.63, 3.8) is 0 Å². The van der Waals surface area contributed by atoms with E-state index >= 15 is 0 Å². The Kier molecular flexibility index (Phi) is 4.62. The van der Waals surface area contributed by atoms with Crippen molar-refractivity contribution >= 4 is 27.8 Å². The molecule has 0 radical (unpaired) electrons. The van der Waals surface area contributed by atoms with Crippen molar-refractivity contribution in [1.82, 2.24) is 10.2 Å². The molecular formula is C19H20N2O3. The molecule has 2 aromatic carbocycles. The Bertz CT molecular complexity index is 944. The van der Waals surface area contributed by atoms with E-state index < -0.39 is 0 Å². The summed E-state index contributed by atoms with van der Waals surface area (Å²) in [4.78, 5) is 26.7. The molecule has 1 amide bonds. The van der Waals surface area contributed by atoms with Gasteiger partial charge in [0.15, 0.2) is 0 Å². The summed E-state index contributed by atoms with van der Waals surface area (Å²) in [6.45, 7) is 1.37. The van der Waals surface area contributed by atoms with E-state index in [-0.39, 0.29) is 17.8 Å². The summed E-state index contributed by atoms with van der Waals surface area (Å²) in [5, 5.41) is 3.94. The molecule has 5 heteroatoms. The molecule has 0 aliphatic rings. The molecule has 1 N–H and O–H groups in total. The van der Waals surface area contributed by atoms with Gasteiger partial charge in [-0.25, -0.2) is 0 Å². The highest BCUT2D eigenvalue weighted by Gasteiger charge is 2.13. The lowest BCUT2D eigenvalue weighted by Crippen LogP contribution is -2.32. The van der Waals surface area contributed by atoms with Crippen LogP contribution in [0.25, 0.3) is 21.9 Å². The van der Waals surface area contributed by atoms with Gasteiger partial charge in [0.05, 0.1) is 17.2 Å². The van der Waals surface area contributed by atoms with Crippen molar-refractivity contribution in [2.45, 2.75) is 6.42 Å². The third-order valence-electron chi connectivity index (χ3n) is 3.92. The van der Waals surface area contributed by atoms with Crippen LogP contribution in [0.2, 0.25) is 0 Å². The quantitative estimate of drug-likeness (QED) is 0.731. The van der Waals surface area contributed by atoms with Gasteiger partial charge in [0, 0.05) is 18.7 Å². The Hall–Kier alpha value is -2.66. The predicted octanol–water partition coefficient (Wildman–Crippen LogP) is 2.17. The van der Waals surface area contributed by atoms with Gasteiger partial charge in [-0.05, 0) is 32.3 Å². The first-order chi connectivity index (χ1) is 11.6. The number of nitrogens with one attached hydrogen (secondary N) is 1. The Morgan fingerprint density at radius 3 is 2.62 bits per heavy atom. The van der Waals surface area contributed by atoms with Crippen LogP contribution in [0.4, 0.5) is 0 Å². The Labute approximate surface area is 139 Å². The topological polar surface area (TPSA) is 62.6 Å². The molecule has 0 bridgehead atoms. The second kappa shape index (κ2) is 6.84. The summed E-state index contributed by atoms with van der Waals surface area (Å²) < 4.78 is 5.91. The third kappa shape index (κ3) is 3.31. The van der Waals surface area contributed by atoms with Crippen LogP contribution >= 0.6 is 0 Å².